The molecule has 1 aliphatic rings. The SMILES string of the molecule is CC(C)C(NC(=O)c1ccco1)C(=O)N(C)C1CCCCC1. The third-order valence-electron chi connectivity index (χ3n) is 4.43. The van der Waals surface area contributed by atoms with Gasteiger partial charge in [0, 0.05) is 13.1 Å². The number of furan rings is 1. The Hall–Kier alpha value is -1.78. The second kappa shape index (κ2) is 7.47. The second-order valence-electron chi connectivity index (χ2n) is 6.41. The molecule has 0 aromatic carbocycles. The molecule has 1 aromatic rings. The van der Waals surface area contributed by atoms with Crippen molar-refractivity contribution in [1.82, 2.24) is 10.2 Å². The maximum absolute atomic E-state index is 12.8. The lowest BCUT2D eigenvalue weighted by molar-refractivity contribution is -0.135. The number of rotatable bonds is 5. The Bertz CT molecular complexity index is 490. The van der Waals surface area contributed by atoms with Gasteiger partial charge in [0.2, 0.25) is 5.91 Å². The highest BCUT2D eigenvalue weighted by atomic mass is 16.3. The summed E-state index contributed by atoms with van der Waals surface area (Å²) in [6, 6.07) is 3.03. The minimum absolute atomic E-state index is 0.0122. The maximum atomic E-state index is 12.8. The molecular formula is C17H26N2O3. The highest BCUT2D eigenvalue weighted by molar-refractivity contribution is 5.95. The van der Waals surface area contributed by atoms with Crippen molar-refractivity contribution in [2.24, 2.45) is 5.92 Å². The first-order valence-corrected chi connectivity index (χ1v) is 8.11. The summed E-state index contributed by atoms with van der Waals surface area (Å²) in [7, 11) is 1.85. The molecule has 1 atom stereocenters. The van der Waals surface area contributed by atoms with Crippen LogP contribution in [0.15, 0.2) is 22.8 Å². The molecule has 2 rings (SSSR count). The largest absolute Gasteiger partial charge is 0.459 e. The minimum atomic E-state index is -0.524. The summed E-state index contributed by atoms with van der Waals surface area (Å²) < 4.78 is 5.10. The van der Waals surface area contributed by atoms with Gasteiger partial charge in [0.1, 0.15) is 6.04 Å². The highest BCUT2D eigenvalue weighted by Crippen LogP contribution is 2.23. The third kappa shape index (κ3) is 3.90. The van der Waals surface area contributed by atoms with Crippen LogP contribution in [0.4, 0.5) is 0 Å². The molecule has 0 bridgehead atoms. The number of nitrogens with zero attached hydrogens (tertiary/aromatic N) is 1. The van der Waals surface area contributed by atoms with E-state index in [2.05, 4.69) is 5.32 Å². The van der Waals surface area contributed by atoms with Crippen molar-refractivity contribution in [3.8, 4) is 0 Å². The Morgan fingerprint density at radius 3 is 2.50 bits per heavy atom. The van der Waals surface area contributed by atoms with Crippen LogP contribution in [-0.2, 0) is 4.79 Å². The number of likely N-dealkylation sites (N-methyl/N-ethyl adjacent to an activating group) is 1. The molecule has 0 saturated heterocycles. The molecule has 1 N–H and O–H groups in total. The van der Waals surface area contributed by atoms with E-state index < -0.39 is 6.04 Å². The van der Waals surface area contributed by atoms with Crippen LogP contribution < -0.4 is 5.32 Å². The van der Waals surface area contributed by atoms with Crippen LogP contribution in [0.25, 0.3) is 0 Å². The summed E-state index contributed by atoms with van der Waals surface area (Å²) in [4.78, 5) is 26.7. The van der Waals surface area contributed by atoms with E-state index >= 15 is 0 Å². The van der Waals surface area contributed by atoms with Gasteiger partial charge in [-0.1, -0.05) is 33.1 Å². The minimum Gasteiger partial charge on any atom is -0.459 e. The number of hydrogen-bond acceptors (Lipinski definition) is 3. The molecule has 0 aliphatic heterocycles. The molecule has 1 unspecified atom stereocenters. The smallest absolute Gasteiger partial charge is 0.287 e. The lowest BCUT2D eigenvalue weighted by Gasteiger charge is -2.34. The molecule has 5 nitrogen and oxygen atoms in total. The van der Waals surface area contributed by atoms with Gasteiger partial charge in [0.05, 0.1) is 6.26 Å². The monoisotopic (exact) mass is 306 g/mol. The van der Waals surface area contributed by atoms with Crippen molar-refractivity contribution in [1.29, 1.82) is 0 Å². The zero-order valence-electron chi connectivity index (χ0n) is 13.7. The Morgan fingerprint density at radius 1 is 1.27 bits per heavy atom. The number of carbonyl (C=O) groups is 2. The molecule has 0 radical (unpaired) electrons. The van der Waals surface area contributed by atoms with Gasteiger partial charge in [-0.05, 0) is 30.9 Å². The normalized spacial score (nSPS) is 17.3. The molecule has 1 fully saturated rings. The standard InChI is InChI=1S/C17H26N2O3/c1-12(2)15(18-16(20)14-10-7-11-22-14)17(21)19(3)13-8-5-4-6-9-13/h7,10-13,15H,4-6,8-9H2,1-3H3,(H,18,20). The van der Waals surface area contributed by atoms with Crippen LogP contribution >= 0.6 is 0 Å². The second-order valence-corrected chi connectivity index (χ2v) is 6.41. The summed E-state index contributed by atoms with van der Waals surface area (Å²) in [6.07, 6.45) is 7.16. The topological polar surface area (TPSA) is 62.6 Å². The predicted molar refractivity (Wildman–Crippen MR) is 84.4 cm³/mol. The maximum Gasteiger partial charge on any atom is 0.287 e. The number of carbonyl (C=O) groups excluding carboxylic acids is 2. The van der Waals surface area contributed by atoms with Gasteiger partial charge < -0.3 is 14.6 Å². The Balaban J connectivity index is 2.03. The van der Waals surface area contributed by atoms with Gasteiger partial charge in [-0.25, -0.2) is 0 Å². The molecule has 0 spiro atoms. The quantitative estimate of drug-likeness (QED) is 0.910. The van der Waals surface area contributed by atoms with Crippen molar-refractivity contribution >= 4 is 11.8 Å². The fourth-order valence-corrected chi connectivity index (χ4v) is 3.00. The molecule has 1 heterocycles. The van der Waals surface area contributed by atoms with E-state index in [1.54, 1.807) is 12.1 Å². The van der Waals surface area contributed by atoms with E-state index in [0.717, 1.165) is 12.8 Å². The molecular weight excluding hydrogens is 280 g/mol. The molecule has 1 aromatic heterocycles. The summed E-state index contributed by atoms with van der Waals surface area (Å²) in [5.41, 5.74) is 0. The van der Waals surface area contributed by atoms with E-state index in [1.165, 1.54) is 25.5 Å². The van der Waals surface area contributed by atoms with E-state index in [9.17, 15) is 9.59 Å². The molecule has 122 valence electrons. The van der Waals surface area contributed by atoms with Crippen LogP contribution in [0.2, 0.25) is 0 Å². The van der Waals surface area contributed by atoms with Crippen LogP contribution in [0.5, 0.6) is 0 Å². The Labute approximate surface area is 132 Å². The van der Waals surface area contributed by atoms with Crippen LogP contribution in [0.1, 0.15) is 56.5 Å². The molecule has 2 amide bonds. The molecule has 1 saturated carbocycles. The average molecular weight is 306 g/mol. The Kier molecular flexibility index (Phi) is 5.63. The van der Waals surface area contributed by atoms with Crippen LogP contribution in [0.3, 0.4) is 0 Å². The van der Waals surface area contributed by atoms with Gasteiger partial charge >= 0.3 is 0 Å². The molecule has 1 aliphatic carbocycles. The number of amides is 2. The van der Waals surface area contributed by atoms with Gasteiger partial charge in [0.25, 0.3) is 5.91 Å². The van der Waals surface area contributed by atoms with Gasteiger partial charge in [-0.15, -0.1) is 0 Å². The average Bonchev–Trinajstić information content (AvgIpc) is 3.06. The highest BCUT2D eigenvalue weighted by Gasteiger charge is 2.31. The summed E-state index contributed by atoms with van der Waals surface area (Å²) in [6.45, 7) is 3.89. The lowest BCUT2D eigenvalue weighted by atomic mass is 9.93. The first kappa shape index (κ1) is 16.6. The fourth-order valence-electron chi connectivity index (χ4n) is 3.00. The summed E-state index contributed by atoms with van der Waals surface area (Å²) >= 11 is 0. The van der Waals surface area contributed by atoms with Crippen molar-refractivity contribution in [2.75, 3.05) is 7.05 Å². The van der Waals surface area contributed by atoms with Gasteiger partial charge in [0.15, 0.2) is 5.76 Å². The van der Waals surface area contributed by atoms with Gasteiger partial charge in [-0.2, -0.15) is 0 Å². The predicted octanol–water partition coefficient (Wildman–Crippen LogP) is 2.83. The van der Waals surface area contributed by atoms with Crippen molar-refractivity contribution in [3.05, 3.63) is 24.2 Å². The fraction of sp³-hybridized carbons (Fsp3) is 0.647. The number of nitrogens with one attached hydrogen (secondary N) is 1. The lowest BCUT2D eigenvalue weighted by Crippen LogP contribution is -2.52. The zero-order chi connectivity index (χ0) is 16.1. The van der Waals surface area contributed by atoms with Crippen LogP contribution in [-0.4, -0.2) is 35.8 Å². The summed E-state index contributed by atoms with van der Waals surface area (Å²) in [5, 5.41) is 2.81. The van der Waals surface area contributed by atoms with Crippen molar-refractivity contribution < 1.29 is 14.0 Å². The van der Waals surface area contributed by atoms with E-state index in [0.29, 0.717) is 6.04 Å². The van der Waals surface area contributed by atoms with Crippen molar-refractivity contribution in [2.45, 2.75) is 58.0 Å². The molecule has 22 heavy (non-hydrogen) atoms. The number of hydrogen-bond donors (Lipinski definition) is 1. The Morgan fingerprint density at radius 2 is 1.95 bits per heavy atom. The van der Waals surface area contributed by atoms with E-state index in [1.807, 2.05) is 25.8 Å². The van der Waals surface area contributed by atoms with Crippen molar-refractivity contribution in [3.63, 3.8) is 0 Å². The van der Waals surface area contributed by atoms with Crippen LogP contribution in [0, 0.1) is 5.92 Å². The molecule has 5 heteroatoms. The first-order chi connectivity index (χ1) is 10.5. The summed E-state index contributed by atoms with van der Waals surface area (Å²) in [5.74, 6) is -0.0906. The van der Waals surface area contributed by atoms with E-state index in [-0.39, 0.29) is 23.5 Å². The van der Waals surface area contributed by atoms with E-state index in [4.69, 9.17) is 4.42 Å². The van der Waals surface area contributed by atoms with Gasteiger partial charge in [-0.3, -0.25) is 9.59 Å². The zero-order valence-corrected chi connectivity index (χ0v) is 13.7. The first-order valence-electron chi connectivity index (χ1n) is 8.11. The third-order valence-corrected chi connectivity index (χ3v) is 4.43.